The lowest BCUT2D eigenvalue weighted by molar-refractivity contribution is 0.412. The van der Waals surface area contributed by atoms with Crippen LogP contribution in [0.15, 0.2) is 67.0 Å². The smallest absolute Gasteiger partial charge is 0.174 e. The lowest BCUT2D eigenvalue weighted by Gasteiger charge is -2.26. The summed E-state index contributed by atoms with van der Waals surface area (Å²) in [7, 11) is 0. The molecule has 0 aliphatic rings. The number of anilines is 1. The first-order valence-electron chi connectivity index (χ1n) is 8.15. The van der Waals surface area contributed by atoms with Gasteiger partial charge in [0.25, 0.3) is 0 Å². The standard InChI is InChI=1S/C20H16Cl2FN3S/c21-16-5-8-18(22)19(10-16)25-20(27)26(13-15-2-1-9-24-11-15)12-14-3-6-17(23)7-4-14/h1-11H,12-13H2,(H,25,27). The zero-order chi connectivity index (χ0) is 19.2. The summed E-state index contributed by atoms with van der Waals surface area (Å²) in [5.41, 5.74) is 2.56. The number of hydrogen-bond donors (Lipinski definition) is 1. The van der Waals surface area contributed by atoms with Crippen LogP contribution in [-0.4, -0.2) is 15.0 Å². The molecule has 0 atom stereocenters. The van der Waals surface area contributed by atoms with Gasteiger partial charge in [0.1, 0.15) is 5.82 Å². The van der Waals surface area contributed by atoms with Gasteiger partial charge in [0.2, 0.25) is 0 Å². The minimum atomic E-state index is -0.274. The van der Waals surface area contributed by atoms with E-state index in [-0.39, 0.29) is 5.82 Å². The van der Waals surface area contributed by atoms with E-state index in [0.29, 0.717) is 33.9 Å². The second kappa shape index (κ2) is 9.13. The van der Waals surface area contributed by atoms with Crippen LogP contribution in [0.1, 0.15) is 11.1 Å². The van der Waals surface area contributed by atoms with Crippen molar-refractivity contribution in [1.82, 2.24) is 9.88 Å². The third kappa shape index (κ3) is 5.63. The van der Waals surface area contributed by atoms with Crippen LogP contribution in [0.5, 0.6) is 0 Å². The van der Waals surface area contributed by atoms with Gasteiger partial charge in [0, 0.05) is 30.5 Å². The van der Waals surface area contributed by atoms with Gasteiger partial charge >= 0.3 is 0 Å². The molecule has 0 fully saturated rings. The highest BCUT2D eigenvalue weighted by Gasteiger charge is 2.13. The zero-order valence-corrected chi connectivity index (χ0v) is 16.5. The maximum atomic E-state index is 13.2. The highest BCUT2D eigenvalue weighted by molar-refractivity contribution is 7.80. The Hall–Kier alpha value is -2.21. The van der Waals surface area contributed by atoms with Gasteiger partial charge in [-0.25, -0.2) is 4.39 Å². The van der Waals surface area contributed by atoms with E-state index in [4.69, 9.17) is 35.4 Å². The van der Waals surface area contributed by atoms with Gasteiger partial charge in [-0.2, -0.15) is 0 Å². The lowest BCUT2D eigenvalue weighted by atomic mass is 10.2. The highest BCUT2D eigenvalue weighted by atomic mass is 35.5. The molecule has 0 aliphatic carbocycles. The Kier molecular flexibility index (Phi) is 6.61. The molecule has 3 aromatic rings. The van der Waals surface area contributed by atoms with E-state index < -0.39 is 0 Å². The first kappa shape index (κ1) is 19.5. The average Bonchev–Trinajstić information content (AvgIpc) is 2.66. The fourth-order valence-electron chi connectivity index (χ4n) is 2.51. The van der Waals surface area contributed by atoms with Crippen molar-refractivity contribution in [1.29, 1.82) is 0 Å². The molecule has 3 nitrogen and oxygen atoms in total. The normalized spacial score (nSPS) is 10.5. The number of benzene rings is 2. The monoisotopic (exact) mass is 419 g/mol. The molecule has 1 heterocycles. The van der Waals surface area contributed by atoms with E-state index in [2.05, 4.69) is 10.3 Å². The molecule has 0 aliphatic heterocycles. The summed E-state index contributed by atoms with van der Waals surface area (Å²) in [6, 6.07) is 15.3. The molecule has 0 radical (unpaired) electrons. The second-order valence-corrected chi connectivity index (χ2v) is 7.13. The number of halogens is 3. The number of thiocarbonyl (C=S) groups is 1. The molecule has 7 heteroatoms. The molecular weight excluding hydrogens is 404 g/mol. The van der Waals surface area contributed by atoms with E-state index in [1.165, 1.54) is 12.1 Å². The summed E-state index contributed by atoms with van der Waals surface area (Å²) < 4.78 is 13.2. The number of nitrogens with one attached hydrogen (secondary N) is 1. The Morgan fingerprint density at radius 2 is 1.78 bits per heavy atom. The first-order valence-corrected chi connectivity index (χ1v) is 9.32. The maximum Gasteiger partial charge on any atom is 0.174 e. The van der Waals surface area contributed by atoms with Crippen LogP contribution >= 0.6 is 35.4 Å². The minimum Gasteiger partial charge on any atom is -0.340 e. The number of rotatable bonds is 5. The second-order valence-electron chi connectivity index (χ2n) is 5.90. The van der Waals surface area contributed by atoms with E-state index in [1.54, 1.807) is 42.7 Å². The van der Waals surface area contributed by atoms with Crippen molar-refractivity contribution in [3.8, 4) is 0 Å². The largest absolute Gasteiger partial charge is 0.340 e. The van der Waals surface area contributed by atoms with Gasteiger partial charge in [-0.05, 0) is 59.7 Å². The van der Waals surface area contributed by atoms with Crippen molar-refractivity contribution < 1.29 is 4.39 Å². The third-order valence-electron chi connectivity index (χ3n) is 3.84. The van der Waals surface area contributed by atoms with E-state index in [9.17, 15) is 4.39 Å². The van der Waals surface area contributed by atoms with E-state index in [0.717, 1.165) is 11.1 Å². The van der Waals surface area contributed by atoms with Gasteiger partial charge < -0.3 is 10.2 Å². The predicted octanol–water partition coefficient (Wildman–Crippen LogP) is 5.93. The average molecular weight is 420 g/mol. The minimum absolute atomic E-state index is 0.274. The Morgan fingerprint density at radius 3 is 2.48 bits per heavy atom. The summed E-state index contributed by atoms with van der Waals surface area (Å²) >= 11 is 17.9. The maximum absolute atomic E-state index is 13.2. The lowest BCUT2D eigenvalue weighted by Crippen LogP contribution is -2.34. The van der Waals surface area contributed by atoms with Crippen molar-refractivity contribution in [2.75, 3.05) is 5.32 Å². The van der Waals surface area contributed by atoms with Gasteiger partial charge in [-0.15, -0.1) is 0 Å². The molecule has 0 amide bonds. The van der Waals surface area contributed by atoms with Crippen molar-refractivity contribution in [2.45, 2.75) is 13.1 Å². The van der Waals surface area contributed by atoms with Crippen LogP contribution in [0.25, 0.3) is 0 Å². The van der Waals surface area contributed by atoms with Crippen LogP contribution in [0.3, 0.4) is 0 Å². The summed E-state index contributed by atoms with van der Waals surface area (Å²) in [5, 5.41) is 4.70. The van der Waals surface area contributed by atoms with Crippen LogP contribution in [0.4, 0.5) is 10.1 Å². The molecule has 27 heavy (non-hydrogen) atoms. The molecule has 1 aromatic heterocycles. The summed E-state index contributed by atoms with van der Waals surface area (Å²) in [4.78, 5) is 6.10. The number of hydrogen-bond acceptors (Lipinski definition) is 2. The Balaban J connectivity index is 1.82. The molecule has 0 saturated carbocycles. The van der Waals surface area contributed by atoms with Gasteiger partial charge in [0.15, 0.2) is 5.11 Å². The van der Waals surface area contributed by atoms with Gasteiger partial charge in [-0.3, -0.25) is 4.98 Å². The Labute approximate surface area is 172 Å². The molecule has 138 valence electrons. The summed E-state index contributed by atoms with van der Waals surface area (Å²) in [6.07, 6.45) is 3.50. The molecule has 1 N–H and O–H groups in total. The molecule has 2 aromatic carbocycles. The fraction of sp³-hybridized carbons (Fsp3) is 0.100. The predicted molar refractivity (Wildman–Crippen MR) is 113 cm³/mol. The first-order chi connectivity index (χ1) is 13.0. The summed E-state index contributed by atoms with van der Waals surface area (Å²) in [5.74, 6) is -0.274. The van der Waals surface area contributed by atoms with Crippen LogP contribution in [0, 0.1) is 5.82 Å². The van der Waals surface area contributed by atoms with Crippen LogP contribution < -0.4 is 5.32 Å². The van der Waals surface area contributed by atoms with Crippen molar-refractivity contribution in [3.05, 3.63) is 94.0 Å². The molecule has 3 rings (SSSR count). The molecule has 0 spiro atoms. The Morgan fingerprint density at radius 1 is 1.04 bits per heavy atom. The Bertz CT molecular complexity index is 920. The van der Waals surface area contributed by atoms with Crippen molar-refractivity contribution in [3.63, 3.8) is 0 Å². The number of nitrogens with zero attached hydrogens (tertiary/aromatic N) is 2. The summed E-state index contributed by atoms with van der Waals surface area (Å²) in [6.45, 7) is 1.04. The molecular formula is C20H16Cl2FN3S. The zero-order valence-electron chi connectivity index (χ0n) is 14.2. The SMILES string of the molecule is Fc1ccc(CN(Cc2cccnc2)C(=S)Nc2cc(Cl)ccc2Cl)cc1. The molecule has 0 saturated heterocycles. The molecule has 0 bridgehead atoms. The molecule has 0 unspecified atom stereocenters. The van der Waals surface area contributed by atoms with E-state index in [1.807, 2.05) is 17.0 Å². The topological polar surface area (TPSA) is 28.2 Å². The van der Waals surface area contributed by atoms with Gasteiger partial charge in [-0.1, -0.05) is 41.4 Å². The van der Waals surface area contributed by atoms with Crippen LogP contribution in [0.2, 0.25) is 10.0 Å². The van der Waals surface area contributed by atoms with E-state index >= 15 is 0 Å². The van der Waals surface area contributed by atoms with Crippen molar-refractivity contribution in [2.24, 2.45) is 0 Å². The highest BCUT2D eigenvalue weighted by Crippen LogP contribution is 2.26. The van der Waals surface area contributed by atoms with Gasteiger partial charge in [0.05, 0.1) is 10.7 Å². The third-order valence-corrected chi connectivity index (χ3v) is 4.77. The quantitative estimate of drug-likeness (QED) is 0.518. The fourth-order valence-corrected chi connectivity index (χ4v) is 3.09. The number of aromatic nitrogens is 1. The van der Waals surface area contributed by atoms with Crippen molar-refractivity contribution >= 4 is 46.2 Å². The van der Waals surface area contributed by atoms with Crippen LogP contribution in [-0.2, 0) is 13.1 Å². The number of pyridine rings is 1.